The standard InChI is InChI=1S/C13H25NO/c1-3-11-14(2)12-9-7-5-4-6-8-10-13-15/h7,9,13H,3-6,8,10-12H2,1-2H3. The second-order valence-corrected chi connectivity index (χ2v) is 4.04. The summed E-state index contributed by atoms with van der Waals surface area (Å²) in [6, 6.07) is 0. The SMILES string of the molecule is CCCN(C)CC=CCCCCCC=O. The molecule has 15 heavy (non-hydrogen) atoms. The average Bonchev–Trinajstić information content (AvgIpc) is 2.22. The van der Waals surface area contributed by atoms with Crippen molar-refractivity contribution in [2.45, 2.75) is 45.4 Å². The number of aldehydes is 1. The fraction of sp³-hybridized carbons (Fsp3) is 0.769. The van der Waals surface area contributed by atoms with Crippen molar-refractivity contribution in [3.05, 3.63) is 12.2 Å². The van der Waals surface area contributed by atoms with Crippen LogP contribution in [0, 0.1) is 0 Å². The fourth-order valence-corrected chi connectivity index (χ4v) is 1.51. The molecule has 88 valence electrons. The van der Waals surface area contributed by atoms with E-state index >= 15 is 0 Å². The lowest BCUT2D eigenvalue weighted by molar-refractivity contribution is -0.107. The molecule has 0 aromatic rings. The predicted octanol–water partition coefficient (Wildman–Crippen LogP) is 3.03. The number of hydrogen-bond donors (Lipinski definition) is 0. The van der Waals surface area contributed by atoms with Crippen LogP contribution >= 0.6 is 0 Å². The summed E-state index contributed by atoms with van der Waals surface area (Å²) in [4.78, 5) is 12.4. The third-order valence-electron chi connectivity index (χ3n) is 2.38. The largest absolute Gasteiger partial charge is 0.303 e. The monoisotopic (exact) mass is 211 g/mol. The van der Waals surface area contributed by atoms with Gasteiger partial charge in [-0.25, -0.2) is 0 Å². The maximum atomic E-state index is 10.1. The third kappa shape index (κ3) is 11.3. The highest BCUT2D eigenvalue weighted by Crippen LogP contribution is 2.02. The maximum absolute atomic E-state index is 10.1. The lowest BCUT2D eigenvalue weighted by atomic mass is 10.1. The molecule has 0 amide bonds. The molecule has 0 aromatic carbocycles. The topological polar surface area (TPSA) is 20.3 Å². The molecule has 0 spiro atoms. The van der Waals surface area contributed by atoms with E-state index in [-0.39, 0.29) is 0 Å². The van der Waals surface area contributed by atoms with Crippen LogP contribution < -0.4 is 0 Å². The van der Waals surface area contributed by atoms with Crippen molar-refractivity contribution in [2.24, 2.45) is 0 Å². The van der Waals surface area contributed by atoms with Crippen molar-refractivity contribution in [1.82, 2.24) is 4.90 Å². The van der Waals surface area contributed by atoms with Gasteiger partial charge in [-0.15, -0.1) is 0 Å². The van der Waals surface area contributed by atoms with Crippen LogP contribution in [-0.2, 0) is 4.79 Å². The molecule has 0 fully saturated rings. The van der Waals surface area contributed by atoms with Gasteiger partial charge in [-0.05, 0) is 39.3 Å². The molecule has 0 rings (SSSR count). The first kappa shape index (κ1) is 14.4. The van der Waals surface area contributed by atoms with Crippen molar-refractivity contribution < 1.29 is 4.79 Å². The Bertz CT molecular complexity index is 166. The van der Waals surface area contributed by atoms with Gasteiger partial charge in [0.25, 0.3) is 0 Å². The van der Waals surface area contributed by atoms with E-state index in [4.69, 9.17) is 0 Å². The number of likely N-dealkylation sites (N-methyl/N-ethyl adjacent to an activating group) is 1. The predicted molar refractivity (Wildman–Crippen MR) is 66.1 cm³/mol. The summed E-state index contributed by atoms with van der Waals surface area (Å²) >= 11 is 0. The third-order valence-corrected chi connectivity index (χ3v) is 2.38. The van der Waals surface area contributed by atoms with E-state index < -0.39 is 0 Å². The van der Waals surface area contributed by atoms with Crippen LogP contribution in [0.4, 0.5) is 0 Å². The molecule has 0 heterocycles. The van der Waals surface area contributed by atoms with Crippen LogP contribution in [0.25, 0.3) is 0 Å². The summed E-state index contributed by atoms with van der Waals surface area (Å²) in [5.74, 6) is 0. The molecule has 0 aromatic heterocycles. The van der Waals surface area contributed by atoms with Gasteiger partial charge in [0.2, 0.25) is 0 Å². The molecule has 0 bridgehead atoms. The number of hydrogen-bond acceptors (Lipinski definition) is 2. The fourth-order valence-electron chi connectivity index (χ4n) is 1.51. The van der Waals surface area contributed by atoms with Gasteiger partial charge in [-0.1, -0.05) is 25.5 Å². The second-order valence-electron chi connectivity index (χ2n) is 4.04. The number of allylic oxidation sites excluding steroid dienone is 1. The van der Waals surface area contributed by atoms with Crippen LogP contribution in [0.3, 0.4) is 0 Å². The molecule has 2 heteroatoms. The van der Waals surface area contributed by atoms with Crippen molar-refractivity contribution in [1.29, 1.82) is 0 Å². The summed E-state index contributed by atoms with van der Waals surface area (Å²) in [5.41, 5.74) is 0. The van der Waals surface area contributed by atoms with Crippen molar-refractivity contribution in [3.8, 4) is 0 Å². The zero-order chi connectivity index (χ0) is 11.4. The van der Waals surface area contributed by atoms with E-state index in [9.17, 15) is 4.79 Å². The molecule has 0 N–H and O–H groups in total. The van der Waals surface area contributed by atoms with Gasteiger partial charge in [-0.3, -0.25) is 0 Å². The number of unbranched alkanes of at least 4 members (excludes halogenated alkanes) is 4. The van der Waals surface area contributed by atoms with E-state index in [0.29, 0.717) is 0 Å². The van der Waals surface area contributed by atoms with Crippen LogP contribution in [0.15, 0.2) is 12.2 Å². The van der Waals surface area contributed by atoms with Crippen molar-refractivity contribution >= 4 is 6.29 Å². The van der Waals surface area contributed by atoms with Crippen molar-refractivity contribution in [2.75, 3.05) is 20.1 Å². The van der Waals surface area contributed by atoms with Gasteiger partial charge in [0.1, 0.15) is 6.29 Å². The Morgan fingerprint density at radius 1 is 1.07 bits per heavy atom. The molecule has 0 atom stereocenters. The van der Waals surface area contributed by atoms with Crippen LogP contribution in [-0.4, -0.2) is 31.3 Å². The van der Waals surface area contributed by atoms with Gasteiger partial charge in [-0.2, -0.15) is 0 Å². The normalized spacial score (nSPS) is 11.4. The Morgan fingerprint density at radius 3 is 2.47 bits per heavy atom. The zero-order valence-electron chi connectivity index (χ0n) is 10.2. The quantitative estimate of drug-likeness (QED) is 0.314. The second kappa shape index (κ2) is 11.4. The van der Waals surface area contributed by atoms with E-state index in [1.807, 2.05) is 0 Å². The highest BCUT2D eigenvalue weighted by Gasteiger charge is 1.91. The Kier molecular flexibility index (Phi) is 11.0. The molecule has 0 aliphatic rings. The zero-order valence-corrected chi connectivity index (χ0v) is 10.2. The van der Waals surface area contributed by atoms with E-state index in [0.717, 1.165) is 32.1 Å². The number of carbonyl (C=O) groups is 1. The Hall–Kier alpha value is -0.630. The van der Waals surface area contributed by atoms with Crippen LogP contribution in [0.5, 0.6) is 0 Å². The number of rotatable bonds is 10. The Labute approximate surface area is 94.4 Å². The summed E-state index contributed by atoms with van der Waals surface area (Å²) < 4.78 is 0. The van der Waals surface area contributed by atoms with E-state index in [1.54, 1.807) is 0 Å². The van der Waals surface area contributed by atoms with Gasteiger partial charge < -0.3 is 9.69 Å². The summed E-state index contributed by atoms with van der Waals surface area (Å²) in [7, 11) is 2.15. The lowest BCUT2D eigenvalue weighted by Gasteiger charge is -2.11. The van der Waals surface area contributed by atoms with E-state index in [2.05, 4.69) is 31.0 Å². The highest BCUT2D eigenvalue weighted by molar-refractivity contribution is 5.48. The first-order chi connectivity index (χ1) is 7.31. The summed E-state index contributed by atoms with van der Waals surface area (Å²) in [6.45, 7) is 4.43. The minimum atomic E-state index is 0.725. The highest BCUT2D eigenvalue weighted by atomic mass is 16.1. The van der Waals surface area contributed by atoms with Gasteiger partial charge in [0, 0.05) is 13.0 Å². The molecular weight excluding hydrogens is 186 g/mol. The summed E-state index contributed by atoms with van der Waals surface area (Å²) in [6.07, 6.45) is 12.0. The molecule has 2 nitrogen and oxygen atoms in total. The minimum absolute atomic E-state index is 0.725. The average molecular weight is 211 g/mol. The van der Waals surface area contributed by atoms with Crippen molar-refractivity contribution in [3.63, 3.8) is 0 Å². The lowest BCUT2D eigenvalue weighted by Crippen LogP contribution is -2.18. The van der Waals surface area contributed by atoms with Crippen LogP contribution in [0.2, 0.25) is 0 Å². The molecule has 0 aliphatic carbocycles. The van der Waals surface area contributed by atoms with Gasteiger partial charge >= 0.3 is 0 Å². The molecule has 0 unspecified atom stereocenters. The number of carbonyl (C=O) groups excluding carboxylic acids is 1. The summed E-state index contributed by atoms with van der Waals surface area (Å²) in [5, 5.41) is 0. The first-order valence-corrected chi connectivity index (χ1v) is 6.08. The molecule has 0 aliphatic heterocycles. The Morgan fingerprint density at radius 2 is 1.80 bits per heavy atom. The maximum Gasteiger partial charge on any atom is 0.119 e. The molecular formula is C13H25NO. The molecule has 0 radical (unpaired) electrons. The molecule has 0 saturated heterocycles. The van der Waals surface area contributed by atoms with Gasteiger partial charge in [0.15, 0.2) is 0 Å². The van der Waals surface area contributed by atoms with Crippen LogP contribution in [0.1, 0.15) is 45.4 Å². The molecule has 0 saturated carbocycles. The Balaban J connectivity index is 3.19. The smallest absolute Gasteiger partial charge is 0.119 e. The minimum Gasteiger partial charge on any atom is -0.303 e. The van der Waals surface area contributed by atoms with Gasteiger partial charge in [0.05, 0.1) is 0 Å². The first-order valence-electron chi connectivity index (χ1n) is 6.08. The number of nitrogens with zero attached hydrogens (tertiary/aromatic N) is 1. The van der Waals surface area contributed by atoms with E-state index in [1.165, 1.54) is 25.8 Å².